The second-order valence-electron chi connectivity index (χ2n) is 7.93. The van der Waals surface area contributed by atoms with E-state index in [1.54, 1.807) is 0 Å². The Morgan fingerprint density at radius 3 is 2.91 bits per heavy atom. The van der Waals surface area contributed by atoms with Crippen molar-refractivity contribution in [3.8, 4) is 23.7 Å². The number of benzene rings is 1. The van der Waals surface area contributed by atoms with Gasteiger partial charge in [-0.15, -0.1) is 17.8 Å². The molecule has 4 N–H and O–H groups in total. The minimum absolute atomic E-state index is 0.0703. The van der Waals surface area contributed by atoms with Crippen LogP contribution in [0.3, 0.4) is 0 Å². The van der Waals surface area contributed by atoms with Gasteiger partial charge in [0.1, 0.15) is 10.6 Å². The molecule has 0 radical (unpaired) electrons. The fraction of sp³-hybridized carbons (Fsp3) is 0.381. The molecule has 4 rings (SSSR count). The van der Waals surface area contributed by atoms with Gasteiger partial charge in [0, 0.05) is 29.6 Å². The van der Waals surface area contributed by atoms with Gasteiger partial charge in [0.25, 0.3) is 0 Å². The first-order valence-corrected chi connectivity index (χ1v) is 10.8. The lowest BCUT2D eigenvalue weighted by atomic mass is 9.97. The summed E-state index contributed by atoms with van der Waals surface area (Å²) in [4.78, 5) is 10.8. The summed E-state index contributed by atoms with van der Waals surface area (Å²) in [7, 11) is 1.89. The summed E-state index contributed by atoms with van der Waals surface area (Å²) in [6.45, 7) is 1.29. The van der Waals surface area contributed by atoms with Gasteiger partial charge in [0.15, 0.2) is 0 Å². The van der Waals surface area contributed by atoms with Crippen LogP contribution < -0.4 is 11.1 Å². The van der Waals surface area contributed by atoms with E-state index in [0.29, 0.717) is 18.8 Å². The predicted molar refractivity (Wildman–Crippen MR) is 116 cm³/mol. The average Bonchev–Trinajstić information content (AvgIpc) is 3.47. The van der Waals surface area contributed by atoms with Crippen LogP contribution in [-0.4, -0.2) is 45.3 Å². The molecule has 0 amide bonds. The molecule has 1 aromatic carbocycles. The maximum atomic E-state index is 12.9. The quantitative estimate of drug-likeness (QED) is 0.366. The summed E-state index contributed by atoms with van der Waals surface area (Å²) in [5.74, 6) is 2.84. The number of nitrogens with zero attached hydrogens (tertiary/aromatic N) is 4. The molecule has 0 unspecified atom stereocenters. The molecule has 3 heterocycles. The fourth-order valence-corrected chi connectivity index (χ4v) is 4.58. The Kier molecular flexibility index (Phi) is 6.15. The molecule has 3 aromatic rings. The lowest BCUT2D eigenvalue weighted by molar-refractivity contribution is -0.137. The Labute approximate surface area is 191 Å². The fourth-order valence-electron chi connectivity index (χ4n) is 3.61. The van der Waals surface area contributed by atoms with Crippen molar-refractivity contribution in [3.63, 3.8) is 0 Å². The molecule has 12 heteroatoms. The highest BCUT2D eigenvalue weighted by molar-refractivity contribution is 7.09. The summed E-state index contributed by atoms with van der Waals surface area (Å²) in [5, 5.41) is 20.8. The third-order valence-corrected chi connectivity index (χ3v) is 6.17. The van der Waals surface area contributed by atoms with Crippen molar-refractivity contribution in [2.45, 2.75) is 30.8 Å². The summed E-state index contributed by atoms with van der Waals surface area (Å²) in [6.07, 6.45) is 1.06. The van der Waals surface area contributed by atoms with Gasteiger partial charge in [-0.05, 0) is 25.2 Å². The van der Waals surface area contributed by atoms with Crippen LogP contribution in [0.15, 0.2) is 28.1 Å². The third-order valence-electron chi connectivity index (χ3n) is 5.34. The molecule has 0 bridgehead atoms. The molecule has 0 aliphatic carbocycles. The van der Waals surface area contributed by atoms with E-state index < -0.39 is 23.4 Å². The van der Waals surface area contributed by atoms with E-state index in [-0.39, 0.29) is 35.9 Å². The molecule has 2 aromatic heterocycles. The second-order valence-corrected chi connectivity index (χ2v) is 8.87. The third kappa shape index (κ3) is 4.86. The van der Waals surface area contributed by atoms with Crippen molar-refractivity contribution in [2.75, 3.05) is 25.9 Å². The summed E-state index contributed by atoms with van der Waals surface area (Å²) >= 11 is 1.44. The first kappa shape index (κ1) is 23.2. The monoisotopic (exact) mass is 478 g/mol. The maximum Gasteiger partial charge on any atom is 0.416 e. The van der Waals surface area contributed by atoms with Crippen molar-refractivity contribution in [3.05, 3.63) is 45.7 Å². The number of β-amino-alcohol motifs (C(OH)–C–C–N with tert-alkyl or cyclic N) is 1. The molecule has 33 heavy (non-hydrogen) atoms. The number of halogens is 3. The lowest BCUT2D eigenvalue weighted by Gasteiger charge is -2.18. The highest BCUT2D eigenvalue weighted by Crippen LogP contribution is 2.38. The van der Waals surface area contributed by atoms with E-state index in [0.717, 1.165) is 17.1 Å². The number of terminal acetylenes is 1. The van der Waals surface area contributed by atoms with Gasteiger partial charge < -0.3 is 20.7 Å². The molecular weight excluding hydrogens is 457 g/mol. The number of alkyl halides is 3. The summed E-state index contributed by atoms with van der Waals surface area (Å²) in [6, 6.07) is 2.49. The number of nitrogens with one attached hydrogen (secondary N) is 1. The van der Waals surface area contributed by atoms with Crippen LogP contribution in [-0.2, 0) is 18.3 Å². The van der Waals surface area contributed by atoms with Gasteiger partial charge in [0.2, 0.25) is 11.7 Å². The highest BCUT2D eigenvalue weighted by atomic mass is 32.1. The normalized spacial score (nSPS) is 20.9. The summed E-state index contributed by atoms with van der Waals surface area (Å²) < 4.78 is 43.9. The van der Waals surface area contributed by atoms with Crippen LogP contribution in [0.4, 0.5) is 18.9 Å². The molecule has 1 aliphatic heterocycles. The molecule has 174 valence electrons. The average molecular weight is 479 g/mol. The van der Waals surface area contributed by atoms with Crippen LogP contribution in [0.1, 0.15) is 34.6 Å². The van der Waals surface area contributed by atoms with Crippen LogP contribution in [0.5, 0.6) is 0 Å². The second kappa shape index (κ2) is 8.75. The lowest BCUT2D eigenvalue weighted by Crippen LogP contribution is -2.28. The minimum Gasteiger partial charge on any atom is -0.398 e. The number of hydrogen-bond acceptors (Lipinski definition) is 9. The Bertz CT molecular complexity index is 1190. The van der Waals surface area contributed by atoms with Gasteiger partial charge in [-0.3, -0.25) is 4.90 Å². The maximum absolute atomic E-state index is 12.9. The van der Waals surface area contributed by atoms with Crippen LogP contribution in [0.2, 0.25) is 0 Å². The van der Waals surface area contributed by atoms with Crippen LogP contribution >= 0.6 is 11.3 Å². The first-order valence-electron chi connectivity index (χ1n) is 9.92. The topological polar surface area (TPSA) is 113 Å². The van der Waals surface area contributed by atoms with Crippen molar-refractivity contribution >= 4 is 17.0 Å². The number of aromatic nitrogens is 3. The Morgan fingerprint density at radius 2 is 2.21 bits per heavy atom. The molecule has 8 nitrogen and oxygen atoms in total. The first-order chi connectivity index (χ1) is 15.6. The number of nitrogen functional groups attached to an aromatic ring is 1. The zero-order valence-electron chi connectivity index (χ0n) is 17.6. The molecule has 2 atom stereocenters. The van der Waals surface area contributed by atoms with Gasteiger partial charge in [0.05, 0.1) is 30.4 Å². The number of aliphatic hydroxyl groups is 1. The molecule has 0 spiro atoms. The number of nitrogens with two attached hydrogens (primary N) is 1. The van der Waals surface area contributed by atoms with E-state index in [4.69, 9.17) is 16.7 Å². The van der Waals surface area contributed by atoms with Gasteiger partial charge in [-0.25, -0.2) is 4.98 Å². The van der Waals surface area contributed by atoms with Crippen molar-refractivity contribution in [1.29, 1.82) is 0 Å². The Balaban J connectivity index is 1.48. The van der Waals surface area contributed by atoms with E-state index in [1.807, 2.05) is 17.3 Å². The standard InChI is InChI=1S/C21H21F3N6O2S/c1-3-6-30(2)9-17-27-16(10-33-17)20(31)8-15(26-11-20)19-28-18(29-32-19)13-5-4-12(7-14(13)25)21(22,23)24/h1,4-5,7,10,15,26,31H,6,8-9,11,25H2,2H3/t15-,20-/m1/s1. The Hall–Kier alpha value is -2.98. The number of rotatable bonds is 6. The number of thiazole rings is 1. The molecule has 1 saturated heterocycles. The largest absolute Gasteiger partial charge is 0.416 e. The van der Waals surface area contributed by atoms with Crippen molar-refractivity contribution in [2.24, 2.45) is 0 Å². The van der Waals surface area contributed by atoms with Gasteiger partial charge in [-0.1, -0.05) is 11.1 Å². The molecule has 1 fully saturated rings. The SMILES string of the molecule is C#CCN(C)Cc1nc([C@]2(O)CN[C@@H](c3nc(-c4ccc(C(F)(F)F)cc4N)no3)C2)cs1. The van der Waals surface area contributed by atoms with E-state index in [1.165, 1.54) is 17.4 Å². The smallest absolute Gasteiger partial charge is 0.398 e. The van der Waals surface area contributed by atoms with Gasteiger partial charge >= 0.3 is 6.18 Å². The van der Waals surface area contributed by atoms with Crippen molar-refractivity contribution in [1.82, 2.24) is 25.3 Å². The minimum atomic E-state index is -4.50. The molecule has 0 saturated carbocycles. The number of hydrogen-bond donors (Lipinski definition) is 3. The zero-order chi connectivity index (χ0) is 23.8. The molecule has 1 aliphatic rings. The predicted octanol–water partition coefficient (Wildman–Crippen LogP) is 2.78. The molecular formula is C21H21F3N6O2S. The highest BCUT2D eigenvalue weighted by Gasteiger charge is 2.43. The summed E-state index contributed by atoms with van der Waals surface area (Å²) in [5.41, 5.74) is 4.36. The van der Waals surface area contributed by atoms with E-state index in [2.05, 4.69) is 26.4 Å². The van der Waals surface area contributed by atoms with E-state index in [9.17, 15) is 18.3 Å². The Morgan fingerprint density at radius 1 is 1.42 bits per heavy atom. The van der Waals surface area contributed by atoms with E-state index >= 15 is 0 Å². The van der Waals surface area contributed by atoms with Crippen molar-refractivity contribution < 1.29 is 22.8 Å². The number of anilines is 1. The zero-order valence-corrected chi connectivity index (χ0v) is 18.4. The van der Waals surface area contributed by atoms with Gasteiger partial charge in [-0.2, -0.15) is 18.2 Å². The van der Waals surface area contributed by atoms with Crippen LogP contribution in [0, 0.1) is 12.3 Å². The van der Waals surface area contributed by atoms with Crippen LogP contribution in [0.25, 0.3) is 11.4 Å².